The normalized spacial score (nSPS) is 12.0. The van der Waals surface area contributed by atoms with E-state index in [4.69, 9.17) is 11.6 Å². The Balaban J connectivity index is 2.09. The Labute approximate surface area is 230 Å². The fourth-order valence-electron chi connectivity index (χ4n) is 4.20. The highest BCUT2D eigenvalue weighted by molar-refractivity contribution is 7.92. The zero-order valence-corrected chi connectivity index (χ0v) is 23.7. The van der Waals surface area contributed by atoms with E-state index in [1.54, 1.807) is 43.3 Å². The zero-order valence-electron chi connectivity index (χ0n) is 22.1. The number of nitrogens with one attached hydrogen (secondary N) is 1. The molecule has 0 fully saturated rings. The number of hydrogen-bond acceptors (Lipinski definition) is 4. The van der Waals surface area contributed by atoms with Crippen molar-refractivity contribution >= 4 is 39.1 Å². The molecular formula is C29H34ClN3O4S. The number of aryl methyl sites for hydroxylation is 1. The van der Waals surface area contributed by atoms with Crippen LogP contribution in [0.1, 0.15) is 37.0 Å². The van der Waals surface area contributed by atoms with Gasteiger partial charge in [-0.3, -0.25) is 13.9 Å². The first-order valence-corrected chi connectivity index (χ1v) is 14.4. The second-order valence-corrected chi connectivity index (χ2v) is 11.3. The van der Waals surface area contributed by atoms with Crippen LogP contribution in [0.4, 0.5) is 5.69 Å². The Morgan fingerprint density at radius 2 is 1.58 bits per heavy atom. The van der Waals surface area contributed by atoms with Crippen molar-refractivity contribution in [2.75, 3.05) is 17.4 Å². The molecule has 1 N–H and O–H groups in total. The Bertz CT molecular complexity index is 1360. The van der Waals surface area contributed by atoms with Crippen molar-refractivity contribution in [3.05, 3.63) is 94.5 Å². The molecule has 0 heterocycles. The van der Waals surface area contributed by atoms with Gasteiger partial charge in [-0.05, 0) is 62.6 Å². The molecule has 7 nitrogen and oxygen atoms in total. The average molecular weight is 556 g/mol. The number of halogens is 1. The fourth-order valence-corrected chi connectivity index (χ4v) is 5.86. The average Bonchev–Trinajstić information content (AvgIpc) is 2.90. The number of nitrogens with zero attached hydrogens (tertiary/aromatic N) is 2. The van der Waals surface area contributed by atoms with Crippen LogP contribution in [0.5, 0.6) is 0 Å². The van der Waals surface area contributed by atoms with Gasteiger partial charge in [-0.25, -0.2) is 8.42 Å². The summed E-state index contributed by atoms with van der Waals surface area (Å²) in [5.41, 5.74) is 2.74. The van der Waals surface area contributed by atoms with Crippen LogP contribution in [-0.2, 0) is 26.2 Å². The van der Waals surface area contributed by atoms with E-state index >= 15 is 0 Å². The maximum absolute atomic E-state index is 14.0. The smallest absolute Gasteiger partial charge is 0.264 e. The number of sulfonamides is 1. The van der Waals surface area contributed by atoms with Crippen molar-refractivity contribution in [2.45, 2.75) is 51.6 Å². The van der Waals surface area contributed by atoms with E-state index < -0.39 is 28.5 Å². The Hall–Kier alpha value is -3.36. The monoisotopic (exact) mass is 555 g/mol. The number of benzene rings is 3. The molecule has 0 saturated heterocycles. The second kappa shape index (κ2) is 12.9. The first kappa shape index (κ1) is 29.2. The van der Waals surface area contributed by atoms with Crippen molar-refractivity contribution in [3.8, 4) is 0 Å². The molecule has 1 atom stereocenters. The molecule has 0 unspecified atom stereocenters. The van der Waals surface area contributed by atoms with Gasteiger partial charge in [-0.1, -0.05) is 72.6 Å². The molecule has 0 bridgehead atoms. The Kier molecular flexibility index (Phi) is 9.94. The summed E-state index contributed by atoms with van der Waals surface area (Å²) in [6.45, 7) is 7.39. The molecule has 9 heteroatoms. The van der Waals surface area contributed by atoms with Crippen LogP contribution < -0.4 is 9.62 Å². The summed E-state index contributed by atoms with van der Waals surface area (Å²) in [5.74, 6) is -0.783. The van der Waals surface area contributed by atoms with Crippen LogP contribution in [0.3, 0.4) is 0 Å². The molecular weight excluding hydrogens is 522 g/mol. The highest BCUT2D eigenvalue weighted by Gasteiger charge is 2.34. The van der Waals surface area contributed by atoms with Gasteiger partial charge >= 0.3 is 0 Å². The minimum Gasteiger partial charge on any atom is -0.355 e. The van der Waals surface area contributed by atoms with E-state index in [-0.39, 0.29) is 17.3 Å². The third-order valence-corrected chi connectivity index (χ3v) is 8.51. The topological polar surface area (TPSA) is 86.8 Å². The molecule has 3 rings (SSSR count). The molecule has 0 spiro atoms. The van der Waals surface area contributed by atoms with Gasteiger partial charge in [0, 0.05) is 18.1 Å². The number of amides is 2. The van der Waals surface area contributed by atoms with Crippen molar-refractivity contribution in [2.24, 2.45) is 0 Å². The first-order chi connectivity index (χ1) is 18.1. The van der Waals surface area contributed by atoms with Crippen LogP contribution in [0.25, 0.3) is 0 Å². The largest absolute Gasteiger partial charge is 0.355 e. The summed E-state index contributed by atoms with van der Waals surface area (Å²) in [5, 5.41) is 3.19. The maximum atomic E-state index is 14.0. The standard InChI is InChI=1S/C29H34ClN3O4S/c1-5-26(29(35)31-6-2)32(19-23-17-15-21(3)16-18-23)28(34)20-33(27-14-10-13-25(30)22(27)4)38(36,37)24-11-8-7-9-12-24/h7-18,26H,5-6,19-20H2,1-4H3,(H,31,35)/t26-/m0/s1. The summed E-state index contributed by atoms with van der Waals surface area (Å²) in [6.07, 6.45) is 0.366. The highest BCUT2D eigenvalue weighted by atomic mass is 35.5. The van der Waals surface area contributed by atoms with Crippen LogP contribution in [0.2, 0.25) is 5.02 Å². The van der Waals surface area contributed by atoms with Gasteiger partial charge in [0.2, 0.25) is 11.8 Å². The van der Waals surface area contributed by atoms with Crippen LogP contribution in [0.15, 0.2) is 77.7 Å². The van der Waals surface area contributed by atoms with Crippen molar-refractivity contribution in [1.29, 1.82) is 0 Å². The lowest BCUT2D eigenvalue weighted by molar-refractivity contribution is -0.140. The summed E-state index contributed by atoms with van der Waals surface area (Å²) in [6, 6.07) is 19.8. The minimum absolute atomic E-state index is 0.0491. The van der Waals surface area contributed by atoms with Crippen LogP contribution in [0, 0.1) is 13.8 Å². The molecule has 3 aromatic rings. The lowest BCUT2D eigenvalue weighted by Gasteiger charge is -2.33. The fraction of sp³-hybridized carbons (Fsp3) is 0.310. The number of carbonyl (C=O) groups excluding carboxylic acids is 2. The van der Waals surface area contributed by atoms with Gasteiger partial charge in [0.25, 0.3) is 10.0 Å². The van der Waals surface area contributed by atoms with Gasteiger partial charge < -0.3 is 10.2 Å². The third-order valence-electron chi connectivity index (χ3n) is 6.33. The number of anilines is 1. The minimum atomic E-state index is -4.14. The number of likely N-dealkylation sites (N-methyl/N-ethyl adjacent to an activating group) is 1. The predicted molar refractivity (Wildman–Crippen MR) is 152 cm³/mol. The predicted octanol–water partition coefficient (Wildman–Crippen LogP) is 5.10. The third kappa shape index (κ3) is 6.74. The second-order valence-electron chi connectivity index (χ2n) is 9.03. The summed E-state index contributed by atoms with van der Waals surface area (Å²) in [4.78, 5) is 28.5. The van der Waals surface area contributed by atoms with E-state index in [0.717, 1.165) is 15.4 Å². The van der Waals surface area contributed by atoms with Gasteiger partial charge in [-0.15, -0.1) is 0 Å². The number of carbonyl (C=O) groups is 2. The lowest BCUT2D eigenvalue weighted by atomic mass is 10.1. The molecule has 0 aromatic heterocycles. The Morgan fingerprint density at radius 1 is 0.921 bits per heavy atom. The summed E-state index contributed by atoms with van der Waals surface area (Å²) < 4.78 is 28.8. The molecule has 38 heavy (non-hydrogen) atoms. The molecule has 0 radical (unpaired) electrons. The molecule has 2 amide bonds. The molecule has 202 valence electrons. The highest BCUT2D eigenvalue weighted by Crippen LogP contribution is 2.31. The quantitative estimate of drug-likeness (QED) is 0.357. The molecule has 3 aromatic carbocycles. The number of hydrogen-bond donors (Lipinski definition) is 1. The van der Waals surface area contributed by atoms with Crippen molar-refractivity contribution in [3.63, 3.8) is 0 Å². The Morgan fingerprint density at radius 3 is 2.18 bits per heavy atom. The van der Waals surface area contributed by atoms with E-state index in [2.05, 4.69) is 5.32 Å². The van der Waals surface area contributed by atoms with E-state index in [0.29, 0.717) is 29.2 Å². The van der Waals surface area contributed by atoms with Crippen LogP contribution >= 0.6 is 11.6 Å². The van der Waals surface area contributed by atoms with Gasteiger partial charge in [0.1, 0.15) is 12.6 Å². The van der Waals surface area contributed by atoms with Crippen LogP contribution in [-0.4, -0.2) is 44.3 Å². The first-order valence-electron chi connectivity index (χ1n) is 12.6. The van der Waals surface area contributed by atoms with E-state index in [1.807, 2.05) is 45.0 Å². The molecule has 0 aliphatic rings. The summed E-state index contributed by atoms with van der Waals surface area (Å²) in [7, 11) is -4.14. The van der Waals surface area contributed by atoms with E-state index in [9.17, 15) is 18.0 Å². The van der Waals surface area contributed by atoms with E-state index in [1.165, 1.54) is 17.0 Å². The van der Waals surface area contributed by atoms with Gasteiger partial charge in [-0.2, -0.15) is 0 Å². The summed E-state index contributed by atoms with van der Waals surface area (Å²) >= 11 is 6.35. The zero-order chi connectivity index (χ0) is 27.9. The molecule has 0 saturated carbocycles. The van der Waals surface area contributed by atoms with Gasteiger partial charge in [0.05, 0.1) is 10.6 Å². The number of rotatable bonds is 11. The van der Waals surface area contributed by atoms with Crippen molar-refractivity contribution in [1.82, 2.24) is 10.2 Å². The molecule has 0 aliphatic carbocycles. The molecule has 0 aliphatic heterocycles. The SMILES string of the molecule is CCNC(=O)[C@H](CC)N(Cc1ccc(C)cc1)C(=O)CN(c1cccc(Cl)c1C)S(=O)(=O)c1ccccc1. The maximum Gasteiger partial charge on any atom is 0.264 e. The van der Waals surface area contributed by atoms with Crippen molar-refractivity contribution < 1.29 is 18.0 Å². The van der Waals surface area contributed by atoms with Gasteiger partial charge in [0.15, 0.2) is 0 Å². The lowest BCUT2D eigenvalue weighted by Crippen LogP contribution is -2.52.